The van der Waals surface area contributed by atoms with E-state index in [0.717, 1.165) is 5.56 Å². The van der Waals surface area contributed by atoms with E-state index in [-0.39, 0.29) is 18.6 Å². The number of primary amides is 1. The van der Waals surface area contributed by atoms with Crippen molar-refractivity contribution in [2.75, 3.05) is 26.3 Å². The molecule has 0 spiro atoms. The third kappa shape index (κ3) is 4.89. The number of amides is 2. The van der Waals surface area contributed by atoms with Crippen molar-refractivity contribution in [3.63, 3.8) is 0 Å². The number of nitrogens with two attached hydrogens (primary N) is 1. The van der Waals surface area contributed by atoms with Crippen molar-refractivity contribution in [3.8, 4) is 5.75 Å². The Morgan fingerprint density at radius 2 is 2.14 bits per heavy atom. The van der Waals surface area contributed by atoms with Gasteiger partial charge in [-0.05, 0) is 30.7 Å². The van der Waals surface area contributed by atoms with Crippen LogP contribution in [0.25, 0.3) is 6.08 Å². The highest BCUT2D eigenvalue weighted by molar-refractivity contribution is 5.91. The lowest BCUT2D eigenvalue weighted by Gasteiger charge is -2.30. The maximum Gasteiger partial charge on any atom is 0.255 e. The summed E-state index contributed by atoms with van der Waals surface area (Å²) < 4.78 is 10.6. The summed E-state index contributed by atoms with van der Waals surface area (Å²) in [6, 6.07) is 7.07. The van der Waals surface area contributed by atoms with Gasteiger partial charge in [0.1, 0.15) is 5.75 Å². The summed E-state index contributed by atoms with van der Waals surface area (Å²) in [5.41, 5.74) is 5.88. The van der Waals surface area contributed by atoms with Crippen LogP contribution >= 0.6 is 0 Å². The first-order valence-corrected chi connectivity index (χ1v) is 7.14. The van der Waals surface area contributed by atoms with Crippen LogP contribution in [-0.2, 0) is 14.3 Å². The number of carbonyl (C=O) groups is 2. The van der Waals surface area contributed by atoms with E-state index < -0.39 is 5.91 Å². The number of carbonyl (C=O) groups excluding carboxylic acids is 2. The Bertz CT molecular complexity index is 554. The second-order valence-electron chi connectivity index (χ2n) is 5.12. The van der Waals surface area contributed by atoms with E-state index in [1.165, 1.54) is 0 Å². The lowest BCUT2D eigenvalue weighted by Crippen LogP contribution is -2.43. The van der Waals surface area contributed by atoms with Crippen molar-refractivity contribution in [2.24, 2.45) is 5.73 Å². The summed E-state index contributed by atoms with van der Waals surface area (Å²) in [5, 5.41) is 0. The summed E-state index contributed by atoms with van der Waals surface area (Å²) in [5.74, 6) is 0.0165. The van der Waals surface area contributed by atoms with E-state index in [1.807, 2.05) is 19.1 Å². The lowest BCUT2D eigenvalue weighted by atomic mass is 10.2. The van der Waals surface area contributed by atoms with Crippen LogP contribution in [0.15, 0.2) is 30.3 Å². The molecule has 1 fully saturated rings. The zero-order valence-electron chi connectivity index (χ0n) is 12.5. The second-order valence-corrected chi connectivity index (χ2v) is 5.12. The van der Waals surface area contributed by atoms with Gasteiger partial charge in [-0.3, -0.25) is 9.59 Å². The zero-order valence-corrected chi connectivity index (χ0v) is 12.5. The number of ether oxygens (including phenoxy) is 2. The number of benzene rings is 1. The smallest absolute Gasteiger partial charge is 0.255 e. The van der Waals surface area contributed by atoms with Gasteiger partial charge in [0.15, 0.2) is 6.61 Å². The summed E-state index contributed by atoms with van der Waals surface area (Å²) in [6.07, 6.45) is 3.38. The molecule has 0 saturated carbocycles. The highest BCUT2D eigenvalue weighted by Crippen LogP contribution is 2.13. The molecule has 6 heteroatoms. The van der Waals surface area contributed by atoms with Crippen molar-refractivity contribution >= 4 is 17.9 Å². The highest BCUT2D eigenvalue weighted by atomic mass is 16.5. The van der Waals surface area contributed by atoms with Gasteiger partial charge >= 0.3 is 0 Å². The van der Waals surface area contributed by atoms with Crippen LogP contribution in [0.1, 0.15) is 12.5 Å². The van der Waals surface area contributed by atoms with E-state index in [9.17, 15) is 9.59 Å². The summed E-state index contributed by atoms with van der Waals surface area (Å²) in [6.45, 7) is 3.61. The van der Waals surface area contributed by atoms with Crippen molar-refractivity contribution in [2.45, 2.75) is 13.0 Å². The molecule has 22 heavy (non-hydrogen) atoms. The first kappa shape index (κ1) is 16.0. The Morgan fingerprint density at radius 1 is 1.41 bits per heavy atom. The average Bonchev–Trinajstić information content (AvgIpc) is 2.51. The molecule has 1 aromatic carbocycles. The minimum atomic E-state index is -0.519. The van der Waals surface area contributed by atoms with Gasteiger partial charge in [0.25, 0.3) is 5.91 Å². The Balaban J connectivity index is 1.89. The number of hydrogen-bond acceptors (Lipinski definition) is 4. The predicted molar refractivity (Wildman–Crippen MR) is 82.2 cm³/mol. The molecule has 1 aliphatic rings. The van der Waals surface area contributed by atoms with Gasteiger partial charge < -0.3 is 20.1 Å². The molecule has 6 nitrogen and oxygen atoms in total. The predicted octanol–water partition coefficient (Wildman–Crippen LogP) is 0.811. The van der Waals surface area contributed by atoms with Gasteiger partial charge in [0, 0.05) is 19.2 Å². The summed E-state index contributed by atoms with van der Waals surface area (Å²) in [7, 11) is 0. The molecule has 0 unspecified atom stereocenters. The molecular weight excluding hydrogens is 284 g/mol. The molecule has 2 amide bonds. The maximum atomic E-state index is 12.1. The van der Waals surface area contributed by atoms with Crippen LogP contribution in [0, 0.1) is 0 Å². The summed E-state index contributed by atoms with van der Waals surface area (Å²) in [4.78, 5) is 24.5. The van der Waals surface area contributed by atoms with Gasteiger partial charge in [0.05, 0.1) is 12.7 Å². The van der Waals surface area contributed by atoms with Gasteiger partial charge in [-0.2, -0.15) is 0 Å². The number of nitrogens with zero attached hydrogens (tertiary/aromatic N) is 1. The topological polar surface area (TPSA) is 81.9 Å². The highest BCUT2D eigenvalue weighted by Gasteiger charge is 2.19. The fourth-order valence-electron chi connectivity index (χ4n) is 2.12. The van der Waals surface area contributed by atoms with Gasteiger partial charge in [-0.25, -0.2) is 0 Å². The Labute approximate surface area is 129 Å². The van der Waals surface area contributed by atoms with Gasteiger partial charge in [-0.15, -0.1) is 0 Å². The molecule has 2 rings (SSSR count). The molecule has 0 radical (unpaired) electrons. The molecule has 1 aliphatic heterocycles. The average molecular weight is 304 g/mol. The van der Waals surface area contributed by atoms with E-state index in [0.29, 0.717) is 25.4 Å². The number of morpholine rings is 1. The fraction of sp³-hybridized carbons (Fsp3) is 0.375. The SMILES string of the molecule is C[C@H]1CN(C(=O)/C=C\c2ccc(OCC(N)=O)cc2)CCO1. The largest absolute Gasteiger partial charge is 0.484 e. The molecule has 1 saturated heterocycles. The van der Waals surface area contributed by atoms with Gasteiger partial charge in [0.2, 0.25) is 5.91 Å². The number of hydrogen-bond donors (Lipinski definition) is 1. The zero-order chi connectivity index (χ0) is 15.9. The van der Waals surface area contributed by atoms with Crippen LogP contribution in [0.4, 0.5) is 0 Å². The molecule has 118 valence electrons. The van der Waals surface area contributed by atoms with E-state index in [1.54, 1.807) is 29.2 Å². The first-order chi connectivity index (χ1) is 10.5. The Kier molecular flexibility index (Phi) is 5.55. The van der Waals surface area contributed by atoms with Crippen LogP contribution < -0.4 is 10.5 Å². The van der Waals surface area contributed by atoms with Gasteiger partial charge in [-0.1, -0.05) is 12.1 Å². The molecule has 1 atom stereocenters. The fourth-order valence-corrected chi connectivity index (χ4v) is 2.12. The minimum Gasteiger partial charge on any atom is -0.484 e. The standard InChI is InChI=1S/C16H20N2O4/c1-12-10-18(8-9-21-12)16(20)7-4-13-2-5-14(6-3-13)22-11-15(17)19/h2-7,12H,8-11H2,1H3,(H2,17,19)/b7-4-/t12-/m0/s1. The molecule has 2 N–H and O–H groups in total. The molecule has 0 bridgehead atoms. The number of rotatable bonds is 5. The lowest BCUT2D eigenvalue weighted by molar-refractivity contribution is -0.132. The maximum absolute atomic E-state index is 12.1. The third-order valence-corrected chi connectivity index (χ3v) is 3.23. The van der Waals surface area contributed by atoms with E-state index in [4.69, 9.17) is 15.2 Å². The van der Waals surface area contributed by atoms with E-state index >= 15 is 0 Å². The Morgan fingerprint density at radius 3 is 2.77 bits per heavy atom. The Hall–Kier alpha value is -2.34. The molecule has 0 aromatic heterocycles. The van der Waals surface area contributed by atoms with E-state index in [2.05, 4.69) is 0 Å². The van der Waals surface area contributed by atoms with Crippen LogP contribution in [0.5, 0.6) is 5.75 Å². The van der Waals surface area contributed by atoms with Crippen LogP contribution in [0.3, 0.4) is 0 Å². The summed E-state index contributed by atoms with van der Waals surface area (Å²) >= 11 is 0. The van der Waals surface area contributed by atoms with Crippen molar-refractivity contribution in [1.82, 2.24) is 4.90 Å². The molecule has 1 heterocycles. The van der Waals surface area contributed by atoms with Crippen molar-refractivity contribution in [1.29, 1.82) is 0 Å². The van der Waals surface area contributed by atoms with Crippen LogP contribution in [0.2, 0.25) is 0 Å². The monoisotopic (exact) mass is 304 g/mol. The van der Waals surface area contributed by atoms with Crippen LogP contribution in [-0.4, -0.2) is 49.1 Å². The van der Waals surface area contributed by atoms with Crippen molar-refractivity contribution < 1.29 is 19.1 Å². The third-order valence-electron chi connectivity index (χ3n) is 3.23. The first-order valence-electron chi connectivity index (χ1n) is 7.14. The second kappa shape index (κ2) is 7.61. The molecule has 0 aliphatic carbocycles. The normalized spacial score (nSPS) is 18.4. The molecular formula is C16H20N2O4. The quantitative estimate of drug-likeness (QED) is 0.816. The minimum absolute atomic E-state index is 0.0239. The molecule has 1 aromatic rings. The van der Waals surface area contributed by atoms with Crippen molar-refractivity contribution in [3.05, 3.63) is 35.9 Å².